The topological polar surface area (TPSA) is 237 Å². The molecule has 152 valence electrons. The van der Waals surface area contributed by atoms with Crippen molar-refractivity contribution in [3.63, 3.8) is 0 Å². The van der Waals surface area contributed by atoms with Crippen molar-refractivity contribution in [2.24, 2.45) is 10.2 Å². The molecular formula is C12H20N6O8S. The van der Waals surface area contributed by atoms with Gasteiger partial charge in [-0.2, -0.15) is 0 Å². The molecule has 0 radical (unpaired) electrons. The van der Waals surface area contributed by atoms with Crippen molar-refractivity contribution >= 4 is 11.8 Å². The van der Waals surface area contributed by atoms with E-state index in [9.17, 15) is 30.6 Å². The molecular weight excluding hydrogens is 388 g/mol. The molecule has 2 aliphatic heterocycles. The molecule has 2 aliphatic rings. The molecule has 15 heteroatoms. The van der Waals surface area contributed by atoms with E-state index in [-0.39, 0.29) is 0 Å². The summed E-state index contributed by atoms with van der Waals surface area (Å²) in [5.74, 6) is 0. The first-order valence-electron chi connectivity index (χ1n) is 7.88. The molecule has 0 spiro atoms. The van der Waals surface area contributed by atoms with Crippen molar-refractivity contribution in [1.82, 2.24) is 0 Å². The molecule has 0 saturated carbocycles. The first-order valence-corrected chi connectivity index (χ1v) is 8.82. The van der Waals surface area contributed by atoms with Crippen LogP contribution in [0.15, 0.2) is 10.2 Å². The van der Waals surface area contributed by atoms with Crippen molar-refractivity contribution in [3.8, 4) is 0 Å². The molecule has 0 aromatic carbocycles. The Morgan fingerprint density at radius 2 is 1.11 bits per heavy atom. The second-order valence-corrected chi connectivity index (χ2v) is 7.14. The number of ether oxygens (including phenoxy) is 2. The average molecular weight is 408 g/mol. The quantitative estimate of drug-likeness (QED) is 0.161. The number of aliphatic hydroxyl groups is 6. The van der Waals surface area contributed by atoms with E-state index in [0.29, 0.717) is 11.8 Å². The maximum Gasteiger partial charge on any atom is 0.132 e. The van der Waals surface area contributed by atoms with Crippen LogP contribution in [0.2, 0.25) is 0 Å². The van der Waals surface area contributed by atoms with Gasteiger partial charge in [-0.15, -0.1) is 0 Å². The van der Waals surface area contributed by atoms with Crippen molar-refractivity contribution in [3.05, 3.63) is 20.9 Å². The standard InChI is InChI=1S/C12H20N6O8S/c13-17-15-5-7(21)3(1-19)25-11(9(5)23)27-12-10(24)6(16-18-14)8(22)4(2-20)26-12/h3-12,19-24H,1-2H2/t3?,4?,5?,6?,7-,8-,9-,10?,11-,12-/m0/s1. The molecule has 5 unspecified atom stereocenters. The number of thioether (sulfide) groups is 1. The first-order chi connectivity index (χ1) is 12.9. The van der Waals surface area contributed by atoms with E-state index in [1.807, 2.05) is 0 Å². The molecule has 2 fully saturated rings. The Bertz CT molecular complexity index is 554. The third-order valence-electron chi connectivity index (χ3n) is 4.34. The first kappa shape index (κ1) is 21.9. The van der Waals surface area contributed by atoms with Crippen LogP contribution in [0.1, 0.15) is 0 Å². The molecule has 2 heterocycles. The van der Waals surface area contributed by atoms with E-state index in [1.54, 1.807) is 0 Å². The predicted octanol–water partition coefficient (Wildman–Crippen LogP) is -2.04. The molecule has 2 rings (SSSR count). The van der Waals surface area contributed by atoms with E-state index in [2.05, 4.69) is 20.1 Å². The highest BCUT2D eigenvalue weighted by Gasteiger charge is 2.49. The van der Waals surface area contributed by atoms with Crippen LogP contribution in [0, 0.1) is 0 Å². The lowest BCUT2D eigenvalue weighted by molar-refractivity contribution is -0.170. The smallest absolute Gasteiger partial charge is 0.132 e. The third kappa shape index (κ3) is 4.56. The molecule has 10 atom stereocenters. The Labute approximate surface area is 156 Å². The van der Waals surface area contributed by atoms with Gasteiger partial charge < -0.3 is 40.1 Å². The van der Waals surface area contributed by atoms with Crippen molar-refractivity contribution in [2.75, 3.05) is 13.2 Å². The fraction of sp³-hybridized carbons (Fsp3) is 1.00. The molecule has 0 aromatic heterocycles. The van der Waals surface area contributed by atoms with Crippen LogP contribution >= 0.6 is 11.8 Å². The lowest BCUT2D eigenvalue weighted by Gasteiger charge is -2.44. The molecule has 2 saturated heterocycles. The van der Waals surface area contributed by atoms with Crippen molar-refractivity contribution < 1.29 is 40.1 Å². The summed E-state index contributed by atoms with van der Waals surface area (Å²) in [5, 5.41) is 66.0. The minimum Gasteiger partial charge on any atom is -0.394 e. The summed E-state index contributed by atoms with van der Waals surface area (Å²) in [7, 11) is 0. The Hall–Kier alpha value is -1.35. The lowest BCUT2D eigenvalue weighted by Crippen LogP contribution is -2.60. The van der Waals surface area contributed by atoms with E-state index >= 15 is 0 Å². The monoisotopic (exact) mass is 408 g/mol. The van der Waals surface area contributed by atoms with Gasteiger partial charge in [0.15, 0.2) is 0 Å². The molecule has 0 aliphatic carbocycles. The van der Waals surface area contributed by atoms with Crippen LogP contribution in [0.5, 0.6) is 0 Å². The molecule has 0 bridgehead atoms. The zero-order valence-corrected chi connectivity index (χ0v) is 14.6. The normalized spacial score (nSPS) is 44.8. The van der Waals surface area contributed by atoms with E-state index in [1.165, 1.54) is 0 Å². The number of azide groups is 2. The molecule has 14 nitrogen and oxygen atoms in total. The number of hydrogen-bond donors (Lipinski definition) is 6. The number of nitrogens with zero attached hydrogens (tertiary/aromatic N) is 6. The predicted molar refractivity (Wildman–Crippen MR) is 89.0 cm³/mol. The summed E-state index contributed by atoms with van der Waals surface area (Å²) in [6.07, 6.45) is -8.30. The fourth-order valence-electron chi connectivity index (χ4n) is 2.88. The van der Waals surface area contributed by atoms with E-state index < -0.39 is 72.8 Å². The average Bonchev–Trinajstić information content (AvgIpc) is 2.66. The number of hydrogen-bond acceptors (Lipinski definition) is 11. The highest BCUT2D eigenvalue weighted by Crippen LogP contribution is 2.37. The zero-order chi connectivity index (χ0) is 20.1. The van der Waals surface area contributed by atoms with Crippen LogP contribution in [0.25, 0.3) is 20.9 Å². The van der Waals surface area contributed by atoms with Crippen LogP contribution in [-0.4, -0.2) is 103 Å². The summed E-state index contributed by atoms with van der Waals surface area (Å²) in [4.78, 5) is 5.11. The molecule has 0 aromatic rings. The van der Waals surface area contributed by atoms with Gasteiger partial charge in [0.2, 0.25) is 0 Å². The van der Waals surface area contributed by atoms with Crippen molar-refractivity contribution in [2.45, 2.75) is 59.6 Å². The SMILES string of the molecule is [N-]=[N+]=NC1C(O)[C@H](S[C@@H]2OC(CO)[C@H](O)C(N=[N+]=[N-])[C@@H]2O)OC(CO)[C@@H]1O. The minimum atomic E-state index is -1.52. The third-order valence-corrected chi connectivity index (χ3v) is 5.65. The van der Waals surface area contributed by atoms with Gasteiger partial charge in [0.05, 0.1) is 37.5 Å². The van der Waals surface area contributed by atoms with Crippen LogP contribution in [0.3, 0.4) is 0 Å². The molecule has 6 N–H and O–H groups in total. The second kappa shape index (κ2) is 9.73. The Morgan fingerprint density at radius 1 is 0.741 bits per heavy atom. The van der Waals surface area contributed by atoms with Gasteiger partial charge in [0.1, 0.15) is 35.3 Å². The highest BCUT2D eigenvalue weighted by molar-refractivity contribution is 8.00. The maximum absolute atomic E-state index is 10.3. The fourth-order valence-corrected chi connectivity index (χ4v) is 4.21. The van der Waals surface area contributed by atoms with Crippen LogP contribution in [-0.2, 0) is 9.47 Å². The Morgan fingerprint density at radius 3 is 1.41 bits per heavy atom. The van der Waals surface area contributed by atoms with Gasteiger partial charge in [-0.05, 0) is 11.1 Å². The highest BCUT2D eigenvalue weighted by atomic mass is 32.2. The number of aliphatic hydroxyl groups excluding tert-OH is 6. The van der Waals surface area contributed by atoms with Gasteiger partial charge in [-0.1, -0.05) is 22.0 Å². The van der Waals surface area contributed by atoms with Gasteiger partial charge in [0.25, 0.3) is 0 Å². The summed E-state index contributed by atoms with van der Waals surface area (Å²) in [6.45, 7) is -1.26. The molecule has 0 amide bonds. The second-order valence-electron chi connectivity index (χ2n) is 5.94. The van der Waals surface area contributed by atoms with Crippen molar-refractivity contribution in [1.29, 1.82) is 0 Å². The minimum absolute atomic E-state index is 0.629. The van der Waals surface area contributed by atoms with Gasteiger partial charge >= 0.3 is 0 Å². The molecule has 27 heavy (non-hydrogen) atoms. The summed E-state index contributed by atoms with van der Waals surface area (Å²) < 4.78 is 10.8. The summed E-state index contributed by atoms with van der Waals surface area (Å²) in [6, 6.07) is -2.66. The van der Waals surface area contributed by atoms with Gasteiger partial charge in [-0.25, -0.2) is 0 Å². The van der Waals surface area contributed by atoms with Gasteiger partial charge in [-0.3, -0.25) is 0 Å². The lowest BCUT2D eigenvalue weighted by atomic mass is 9.98. The summed E-state index contributed by atoms with van der Waals surface area (Å²) in [5.41, 5.74) is 14.8. The zero-order valence-electron chi connectivity index (χ0n) is 13.8. The van der Waals surface area contributed by atoms with E-state index in [4.69, 9.17) is 20.5 Å². The van der Waals surface area contributed by atoms with E-state index in [0.717, 1.165) is 0 Å². The largest absolute Gasteiger partial charge is 0.394 e. The van der Waals surface area contributed by atoms with Crippen LogP contribution < -0.4 is 0 Å². The van der Waals surface area contributed by atoms with Gasteiger partial charge in [0, 0.05) is 9.82 Å². The van der Waals surface area contributed by atoms with Crippen LogP contribution in [0.4, 0.5) is 0 Å². The summed E-state index contributed by atoms with van der Waals surface area (Å²) >= 11 is 0.704. The maximum atomic E-state index is 10.3. The Kier molecular flexibility index (Phi) is 7.91. The number of rotatable bonds is 6. The Balaban J connectivity index is 2.21.